The molecule has 6 aromatic carbocycles. The Labute approximate surface area is 316 Å². The molecule has 3 heterocycles. The van der Waals surface area contributed by atoms with Gasteiger partial charge in [-0.3, -0.25) is 0 Å². The van der Waals surface area contributed by atoms with Crippen LogP contribution in [0.15, 0.2) is 156 Å². The largest absolute Gasteiger partial charge is 0.456 e. The molecule has 0 bridgehead atoms. The van der Waals surface area contributed by atoms with Crippen molar-refractivity contribution in [2.45, 2.75) is 20.7 Å². The Balaban J connectivity index is 0.000000223. The summed E-state index contributed by atoms with van der Waals surface area (Å²) in [5.41, 5.74) is 12.9. The number of nitrogens with zero attached hydrogens (tertiary/aromatic N) is 2. The van der Waals surface area contributed by atoms with Gasteiger partial charge in [-0.25, -0.2) is 0 Å². The number of aryl methyl sites for hydroxylation is 3. The van der Waals surface area contributed by atoms with Gasteiger partial charge in [-0.15, -0.1) is 71.3 Å². The van der Waals surface area contributed by atoms with Crippen LogP contribution in [0, 0.1) is 32.8 Å². The maximum absolute atomic E-state index is 7.23. The molecule has 9 rings (SSSR count). The molecule has 9 aromatic rings. The van der Waals surface area contributed by atoms with Gasteiger partial charge in [-0.05, 0) is 94.4 Å². The summed E-state index contributed by atoms with van der Waals surface area (Å²) < 4.78 is 27.8. The van der Waals surface area contributed by atoms with Crippen LogP contribution in [-0.2, 0) is 20.1 Å². The number of furan rings is 1. The summed E-state index contributed by atoms with van der Waals surface area (Å²) in [6.45, 7) is 2.23. The van der Waals surface area contributed by atoms with Crippen molar-refractivity contribution in [2.75, 3.05) is 0 Å². The Morgan fingerprint density at radius 3 is 2.20 bits per heavy atom. The molecule has 3 aromatic heterocycles. The van der Waals surface area contributed by atoms with Crippen molar-refractivity contribution in [3.8, 4) is 44.8 Å². The molecule has 0 unspecified atom stereocenters. The molecule has 0 amide bonds. The molecule has 0 atom stereocenters. The van der Waals surface area contributed by atoms with Crippen LogP contribution in [0.5, 0.6) is 0 Å². The number of benzene rings is 6. The molecule has 4 heteroatoms. The van der Waals surface area contributed by atoms with Crippen molar-refractivity contribution in [3.63, 3.8) is 0 Å². The van der Waals surface area contributed by atoms with Crippen LogP contribution in [-0.4, -0.2) is 9.97 Å². The molecule has 0 aliphatic carbocycles. The number of rotatable bonds is 4. The van der Waals surface area contributed by atoms with Crippen molar-refractivity contribution < 1.29 is 28.6 Å². The Morgan fingerprint density at radius 1 is 0.588 bits per heavy atom. The second-order valence-electron chi connectivity index (χ2n) is 12.3. The third-order valence-electron chi connectivity index (χ3n) is 9.07. The van der Waals surface area contributed by atoms with E-state index >= 15 is 0 Å². The number of pyridine rings is 2. The maximum atomic E-state index is 7.23. The van der Waals surface area contributed by atoms with E-state index in [9.17, 15) is 0 Å². The number of para-hydroxylation sites is 1. The zero-order valence-electron chi connectivity index (χ0n) is 31.1. The fourth-order valence-electron chi connectivity index (χ4n) is 6.72. The van der Waals surface area contributed by atoms with E-state index in [2.05, 4.69) is 116 Å². The van der Waals surface area contributed by atoms with Crippen LogP contribution in [0.3, 0.4) is 0 Å². The van der Waals surface area contributed by atoms with Crippen LogP contribution in [0.25, 0.3) is 77.5 Å². The first-order chi connectivity index (χ1) is 25.7. The van der Waals surface area contributed by atoms with E-state index in [4.69, 9.17) is 13.5 Å². The van der Waals surface area contributed by atoms with Crippen molar-refractivity contribution in [1.82, 2.24) is 9.97 Å². The Hall–Kier alpha value is -5.67. The summed E-state index contributed by atoms with van der Waals surface area (Å²) in [5.74, 6) is 0. The molecule has 0 saturated carbocycles. The third kappa shape index (κ3) is 6.77. The van der Waals surface area contributed by atoms with E-state index in [1.54, 1.807) is 18.2 Å². The van der Waals surface area contributed by atoms with E-state index < -0.39 is 6.85 Å². The summed E-state index contributed by atoms with van der Waals surface area (Å²) in [6.07, 6.45) is 3.29. The van der Waals surface area contributed by atoms with Gasteiger partial charge in [0.15, 0.2) is 0 Å². The standard InChI is InChI=1S/C35H24NO.C12H10N.Ir/c1-22-8-5-9-23(2)34(22)26-18-19-36-31(21-26)25-11-6-10-24(20-25)27-13-7-14-29-28(27)16-17-33-35(29)30-12-3-4-15-32(30)37-33;1-10-7-8-12(13-9-10)11-5-3-2-4-6-11;/h3-10,12-21H,1-2H3;2-5,7-9H,1H3;/q2*-1;/i;1D3;. The SMILES string of the molecule is Cc1cccc(C)c1-c1ccnc(-c2[c-]ccc(-c3cccc4c3ccc3oc5ccccc5c34)c2)c1.[2H]C([2H])([2H])c1ccc(-c2[c-]cccc2)nc1.[Ir]. The zero-order chi connectivity index (χ0) is 36.5. The van der Waals surface area contributed by atoms with Crippen LogP contribution >= 0.6 is 0 Å². The van der Waals surface area contributed by atoms with Gasteiger partial charge in [0.2, 0.25) is 0 Å². The maximum Gasteiger partial charge on any atom is 0.136 e. The quantitative estimate of drug-likeness (QED) is 0.166. The first-order valence-corrected chi connectivity index (χ1v) is 16.6. The molecule has 0 spiro atoms. The summed E-state index contributed by atoms with van der Waals surface area (Å²) in [4.78, 5) is 8.84. The molecule has 0 aliphatic rings. The molecular formula is C47H34IrN2O-2. The van der Waals surface area contributed by atoms with Crippen LogP contribution in [0.4, 0.5) is 0 Å². The first-order valence-electron chi connectivity index (χ1n) is 18.1. The molecule has 249 valence electrons. The second-order valence-corrected chi connectivity index (χ2v) is 12.3. The minimum atomic E-state index is -2.09. The fourth-order valence-corrected chi connectivity index (χ4v) is 6.72. The third-order valence-corrected chi connectivity index (χ3v) is 9.07. The minimum Gasteiger partial charge on any atom is -0.456 e. The van der Waals surface area contributed by atoms with Gasteiger partial charge in [0.1, 0.15) is 11.2 Å². The summed E-state index contributed by atoms with van der Waals surface area (Å²) in [7, 11) is 0. The molecule has 0 fully saturated rings. The molecular weight excluding hydrogens is 801 g/mol. The predicted molar refractivity (Wildman–Crippen MR) is 207 cm³/mol. The fraction of sp³-hybridized carbons (Fsp3) is 0.0638. The average Bonchev–Trinajstić information content (AvgIpc) is 3.58. The van der Waals surface area contributed by atoms with E-state index in [0.29, 0.717) is 0 Å². The molecule has 0 N–H and O–H groups in total. The average molecular weight is 838 g/mol. The van der Waals surface area contributed by atoms with Crippen molar-refractivity contribution in [2.24, 2.45) is 0 Å². The number of aromatic nitrogens is 2. The Kier molecular flexibility index (Phi) is 8.68. The number of hydrogen-bond donors (Lipinski definition) is 0. The molecule has 3 nitrogen and oxygen atoms in total. The van der Waals surface area contributed by atoms with Gasteiger partial charge in [0.05, 0.1) is 0 Å². The molecule has 51 heavy (non-hydrogen) atoms. The second kappa shape index (κ2) is 14.7. The van der Waals surface area contributed by atoms with Crippen molar-refractivity contribution in [3.05, 3.63) is 181 Å². The van der Waals surface area contributed by atoms with Crippen molar-refractivity contribution >= 4 is 32.7 Å². The van der Waals surface area contributed by atoms with E-state index in [1.165, 1.54) is 50.2 Å². The first kappa shape index (κ1) is 30.2. The summed E-state index contributed by atoms with van der Waals surface area (Å²) in [6, 6.07) is 53.3. The predicted octanol–water partition coefficient (Wildman–Crippen LogP) is 12.4. The Morgan fingerprint density at radius 2 is 1.39 bits per heavy atom. The summed E-state index contributed by atoms with van der Waals surface area (Å²) in [5, 5.41) is 4.72. The van der Waals surface area contributed by atoms with Gasteiger partial charge in [0.25, 0.3) is 0 Å². The van der Waals surface area contributed by atoms with Crippen LogP contribution < -0.4 is 0 Å². The Bertz CT molecular complexity index is 2720. The number of hydrogen-bond acceptors (Lipinski definition) is 3. The summed E-state index contributed by atoms with van der Waals surface area (Å²) >= 11 is 0. The van der Waals surface area contributed by atoms with Crippen LogP contribution in [0.2, 0.25) is 0 Å². The van der Waals surface area contributed by atoms with E-state index in [-0.39, 0.29) is 25.7 Å². The zero-order valence-corrected chi connectivity index (χ0v) is 30.5. The number of fused-ring (bicyclic) bond motifs is 5. The van der Waals surface area contributed by atoms with Crippen LogP contribution in [0.1, 0.15) is 20.8 Å². The van der Waals surface area contributed by atoms with Gasteiger partial charge >= 0.3 is 0 Å². The van der Waals surface area contributed by atoms with Crippen molar-refractivity contribution in [1.29, 1.82) is 0 Å². The van der Waals surface area contributed by atoms with Gasteiger partial charge in [-0.2, -0.15) is 0 Å². The molecule has 0 saturated heterocycles. The monoisotopic (exact) mass is 838 g/mol. The molecule has 1 radical (unpaired) electrons. The van der Waals surface area contributed by atoms with E-state index in [1.807, 2.05) is 42.6 Å². The smallest absolute Gasteiger partial charge is 0.136 e. The van der Waals surface area contributed by atoms with Gasteiger partial charge in [-0.1, -0.05) is 78.9 Å². The molecule has 0 aliphatic heterocycles. The normalized spacial score (nSPS) is 12.0. The minimum absolute atomic E-state index is 0. The van der Waals surface area contributed by atoms with E-state index in [0.717, 1.165) is 44.6 Å². The van der Waals surface area contributed by atoms with Gasteiger partial charge in [0, 0.05) is 47.4 Å². The topological polar surface area (TPSA) is 38.9 Å². The van der Waals surface area contributed by atoms with Gasteiger partial charge < -0.3 is 14.4 Å².